The highest BCUT2D eigenvalue weighted by atomic mass is 16.2. The number of carbonyl (C=O) groups is 2. The van der Waals surface area contributed by atoms with Gasteiger partial charge in [-0.05, 0) is 61.8 Å². The van der Waals surface area contributed by atoms with Gasteiger partial charge in [-0.15, -0.1) is 0 Å². The van der Waals surface area contributed by atoms with E-state index < -0.39 is 0 Å². The Labute approximate surface area is 170 Å². The molecular weight excluding hydrogens is 348 g/mol. The molecule has 0 fully saturated rings. The average Bonchev–Trinajstić information content (AvgIpc) is 2.66. The minimum Gasteiger partial charge on any atom is -0.316 e. The molecule has 2 aliphatic rings. The van der Waals surface area contributed by atoms with Crippen molar-refractivity contribution in [3.8, 4) is 0 Å². The van der Waals surface area contributed by atoms with E-state index in [0.29, 0.717) is 6.42 Å². The van der Waals surface area contributed by atoms with Crippen LogP contribution in [0.25, 0.3) is 0 Å². The SMILES string of the molecule is CCCCNCC1CCc2cc(C)c3c(c2C1=O)C(C)CC(=O)N3CCCC. The number of fused-ring (bicyclic) bond motifs is 3. The number of anilines is 1. The van der Waals surface area contributed by atoms with E-state index in [-0.39, 0.29) is 23.5 Å². The van der Waals surface area contributed by atoms with Crippen molar-refractivity contribution in [2.24, 2.45) is 5.92 Å². The highest BCUT2D eigenvalue weighted by Crippen LogP contribution is 2.44. The fraction of sp³-hybridized carbons (Fsp3) is 0.667. The molecule has 0 saturated carbocycles. The van der Waals surface area contributed by atoms with Gasteiger partial charge in [-0.25, -0.2) is 0 Å². The molecule has 0 bridgehead atoms. The van der Waals surface area contributed by atoms with Crippen LogP contribution in [0.4, 0.5) is 5.69 Å². The smallest absolute Gasteiger partial charge is 0.227 e. The fourth-order valence-corrected chi connectivity index (χ4v) is 4.82. The van der Waals surface area contributed by atoms with Crippen LogP contribution in [0.5, 0.6) is 0 Å². The van der Waals surface area contributed by atoms with E-state index in [1.54, 1.807) is 0 Å². The Hall–Kier alpha value is -1.68. The monoisotopic (exact) mass is 384 g/mol. The Kier molecular flexibility index (Phi) is 6.92. The van der Waals surface area contributed by atoms with Gasteiger partial charge in [0.1, 0.15) is 0 Å². The molecule has 0 spiro atoms. The average molecular weight is 385 g/mol. The number of aryl methyl sites for hydroxylation is 2. The zero-order valence-electron chi connectivity index (χ0n) is 18.1. The number of rotatable bonds is 8. The summed E-state index contributed by atoms with van der Waals surface area (Å²) in [5.74, 6) is 0.672. The number of Topliss-reactive ketones (excluding diaryl/α,β-unsaturated/α-hetero) is 1. The Morgan fingerprint density at radius 3 is 2.64 bits per heavy atom. The molecule has 0 aromatic heterocycles. The van der Waals surface area contributed by atoms with E-state index in [1.165, 1.54) is 12.0 Å². The molecule has 1 N–H and O–H groups in total. The van der Waals surface area contributed by atoms with Gasteiger partial charge >= 0.3 is 0 Å². The van der Waals surface area contributed by atoms with Crippen molar-refractivity contribution in [3.63, 3.8) is 0 Å². The summed E-state index contributed by atoms with van der Waals surface area (Å²) in [6.07, 6.45) is 6.77. The zero-order chi connectivity index (χ0) is 20.3. The molecule has 1 aliphatic heterocycles. The van der Waals surface area contributed by atoms with Crippen molar-refractivity contribution in [1.82, 2.24) is 5.32 Å². The van der Waals surface area contributed by atoms with Crippen LogP contribution in [0, 0.1) is 12.8 Å². The van der Waals surface area contributed by atoms with E-state index in [9.17, 15) is 9.59 Å². The van der Waals surface area contributed by atoms with Crippen LogP contribution in [0.3, 0.4) is 0 Å². The highest BCUT2D eigenvalue weighted by Gasteiger charge is 2.38. The molecule has 4 nitrogen and oxygen atoms in total. The van der Waals surface area contributed by atoms with E-state index in [2.05, 4.69) is 39.1 Å². The van der Waals surface area contributed by atoms with Crippen LogP contribution >= 0.6 is 0 Å². The Morgan fingerprint density at radius 1 is 1.18 bits per heavy atom. The first-order chi connectivity index (χ1) is 13.5. The zero-order valence-corrected chi connectivity index (χ0v) is 18.1. The lowest BCUT2D eigenvalue weighted by atomic mass is 9.74. The van der Waals surface area contributed by atoms with Crippen molar-refractivity contribution in [2.45, 2.75) is 78.6 Å². The van der Waals surface area contributed by atoms with Gasteiger partial charge in [-0.2, -0.15) is 0 Å². The minimum absolute atomic E-state index is 0.0603. The highest BCUT2D eigenvalue weighted by molar-refractivity contribution is 6.07. The van der Waals surface area contributed by atoms with Crippen LogP contribution in [-0.2, 0) is 11.2 Å². The second-order valence-corrected chi connectivity index (χ2v) is 8.65. The largest absolute Gasteiger partial charge is 0.316 e. The van der Waals surface area contributed by atoms with Gasteiger partial charge in [0.05, 0.1) is 5.69 Å². The van der Waals surface area contributed by atoms with Gasteiger partial charge in [-0.3, -0.25) is 9.59 Å². The van der Waals surface area contributed by atoms with E-state index >= 15 is 0 Å². The first-order valence-electron chi connectivity index (χ1n) is 11.2. The second kappa shape index (κ2) is 9.21. The second-order valence-electron chi connectivity index (χ2n) is 8.65. The first-order valence-corrected chi connectivity index (χ1v) is 11.2. The van der Waals surface area contributed by atoms with Crippen molar-refractivity contribution in [2.75, 3.05) is 24.5 Å². The van der Waals surface area contributed by atoms with Crippen LogP contribution in [0.2, 0.25) is 0 Å². The van der Waals surface area contributed by atoms with Crippen molar-refractivity contribution in [3.05, 3.63) is 28.3 Å². The van der Waals surface area contributed by atoms with Gasteiger partial charge < -0.3 is 10.2 Å². The molecule has 1 aromatic carbocycles. The lowest BCUT2D eigenvalue weighted by Crippen LogP contribution is -2.40. The molecule has 1 aromatic rings. The van der Waals surface area contributed by atoms with E-state index in [4.69, 9.17) is 0 Å². The maximum absolute atomic E-state index is 13.5. The number of ketones is 1. The molecule has 1 aliphatic carbocycles. The molecule has 28 heavy (non-hydrogen) atoms. The number of hydrogen-bond donors (Lipinski definition) is 1. The van der Waals surface area contributed by atoms with Crippen molar-refractivity contribution in [1.29, 1.82) is 0 Å². The van der Waals surface area contributed by atoms with Gasteiger partial charge in [0.15, 0.2) is 5.78 Å². The number of nitrogens with zero attached hydrogens (tertiary/aromatic N) is 1. The number of nitrogens with one attached hydrogen (secondary N) is 1. The predicted molar refractivity (Wildman–Crippen MR) is 115 cm³/mol. The summed E-state index contributed by atoms with van der Waals surface area (Å²) in [5.41, 5.74) is 5.47. The number of benzene rings is 1. The minimum atomic E-state index is 0.0603. The topological polar surface area (TPSA) is 49.4 Å². The summed E-state index contributed by atoms with van der Waals surface area (Å²) in [5, 5.41) is 3.48. The van der Waals surface area contributed by atoms with Crippen molar-refractivity contribution >= 4 is 17.4 Å². The molecule has 0 saturated heterocycles. The summed E-state index contributed by atoms with van der Waals surface area (Å²) >= 11 is 0. The predicted octanol–water partition coefficient (Wildman–Crippen LogP) is 4.77. The van der Waals surface area contributed by atoms with Crippen molar-refractivity contribution < 1.29 is 9.59 Å². The lowest BCUT2D eigenvalue weighted by molar-refractivity contribution is -0.119. The maximum atomic E-state index is 13.5. The summed E-state index contributed by atoms with van der Waals surface area (Å²) in [7, 11) is 0. The van der Waals surface area contributed by atoms with Crippen LogP contribution in [0.1, 0.15) is 92.3 Å². The molecule has 0 radical (unpaired) electrons. The third-order valence-electron chi connectivity index (χ3n) is 6.37. The maximum Gasteiger partial charge on any atom is 0.227 e. The molecule has 1 amide bonds. The van der Waals surface area contributed by atoms with Gasteiger partial charge in [-0.1, -0.05) is 39.7 Å². The van der Waals surface area contributed by atoms with Gasteiger partial charge in [0.25, 0.3) is 0 Å². The molecule has 154 valence electrons. The Balaban J connectivity index is 1.96. The van der Waals surface area contributed by atoms with Crippen LogP contribution in [-0.4, -0.2) is 31.3 Å². The Bertz CT molecular complexity index is 741. The summed E-state index contributed by atoms with van der Waals surface area (Å²) in [4.78, 5) is 28.2. The third kappa shape index (κ3) is 4.03. The fourth-order valence-electron chi connectivity index (χ4n) is 4.82. The molecule has 1 heterocycles. The number of hydrogen-bond acceptors (Lipinski definition) is 3. The van der Waals surface area contributed by atoms with Gasteiger partial charge in [0, 0.05) is 31.0 Å². The molecule has 2 atom stereocenters. The van der Waals surface area contributed by atoms with Crippen LogP contribution in [0.15, 0.2) is 6.07 Å². The number of amides is 1. The number of unbranched alkanes of at least 4 members (excludes halogenated alkanes) is 2. The molecule has 4 heteroatoms. The van der Waals surface area contributed by atoms with E-state index in [0.717, 1.165) is 74.1 Å². The Morgan fingerprint density at radius 2 is 1.93 bits per heavy atom. The molecule has 3 rings (SSSR count). The quantitative estimate of drug-likeness (QED) is 0.657. The summed E-state index contributed by atoms with van der Waals surface area (Å²) < 4.78 is 0. The van der Waals surface area contributed by atoms with Crippen LogP contribution < -0.4 is 10.2 Å². The molecule has 2 unspecified atom stereocenters. The van der Waals surface area contributed by atoms with Gasteiger partial charge in [0.2, 0.25) is 5.91 Å². The molecular formula is C24H36N2O2. The number of carbonyl (C=O) groups excluding carboxylic acids is 2. The third-order valence-corrected chi connectivity index (χ3v) is 6.37. The lowest BCUT2D eigenvalue weighted by Gasteiger charge is -2.38. The first kappa shape index (κ1) is 21.0. The standard InChI is InChI=1S/C24H36N2O2/c1-5-7-11-25-15-19-10-9-18-13-17(4)23-21(22(18)24(19)28)16(3)14-20(27)26(23)12-8-6-2/h13,16,19,25H,5-12,14-15H2,1-4H3. The summed E-state index contributed by atoms with van der Waals surface area (Å²) in [6.45, 7) is 11.1. The normalized spacial score (nSPS) is 21.6. The summed E-state index contributed by atoms with van der Waals surface area (Å²) in [6, 6.07) is 2.18. The van der Waals surface area contributed by atoms with E-state index in [1.807, 2.05) is 4.90 Å².